The highest BCUT2D eigenvalue weighted by atomic mass is 35.7. The molecule has 6 aromatic rings. The van der Waals surface area contributed by atoms with E-state index < -0.39 is 13.0 Å². The molecule has 3 atom stereocenters. The minimum absolute atomic E-state index is 0.0394. The SMILES string of the molecule is C=CC[C@H](CN1CCSc2c(C#N)cc3ccccc3c2C1=O)c1ccc(Cl)c(Cl)c1.C=CC[C@H](CNCCSc1c(C#N)cc2ccccc2c1C(=O)O)c1ccc(Cl)c(Cl)c1.[B][P+](=O)Cl. The Morgan fingerprint density at radius 3 is 1.96 bits per heavy atom. The van der Waals surface area contributed by atoms with E-state index in [1.165, 1.54) is 11.8 Å². The van der Waals surface area contributed by atoms with Crippen LogP contribution < -0.4 is 5.32 Å². The van der Waals surface area contributed by atoms with Crippen molar-refractivity contribution in [3.05, 3.63) is 176 Å². The lowest BCUT2D eigenvalue weighted by atomic mass is 9.94. The number of aromatic carboxylic acids is 1. The summed E-state index contributed by atoms with van der Waals surface area (Å²) in [6, 6.07) is 34.3. The quantitative estimate of drug-likeness (QED) is 0.0339. The van der Waals surface area contributed by atoms with E-state index in [4.69, 9.17) is 51.0 Å². The van der Waals surface area contributed by atoms with E-state index >= 15 is 0 Å². The number of carboxylic acid groups (broad SMARTS) is 1. The molecule has 8 nitrogen and oxygen atoms in total. The summed E-state index contributed by atoms with van der Waals surface area (Å²) in [5.74, 6) is 0.524. The van der Waals surface area contributed by atoms with Crippen LogP contribution in [-0.4, -0.2) is 67.1 Å². The molecular formula is C50H42BCl5N4O4PS2+. The Morgan fingerprint density at radius 2 is 1.39 bits per heavy atom. The van der Waals surface area contributed by atoms with Crippen LogP contribution in [0.4, 0.5) is 0 Å². The van der Waals surface area contributed by atoms with Gasteiger partial charge in [-0.15, -0.1) is 36.7 Å². The zero-order chi connectivity index (χ0) is 48.6. The smallest absolute Gasteiger partial charge is 0.478 e. The largest absolute Gasteiger partial charge is 0.532 e. The first-order chi connectivity index (χ1) is 32.2. The second kappa shape index (κ2) is 26.3. The van der Waals surface area contributed by atoms with Crippen LogP contribution in [0.15, 0.2) is 132 Å². The molecular weight excluding hydrogens is 1000 g/mol. The number of carbonyl (C=O) groups excluding carboxylic acids is 1. The zero-order valence-electron chi connectivity index (χ0n) is 35.9. The van der Waals surface area contributed by atoms with E-state index in [0.717, 1.165) is 44.4 Å². The third-order valence-corrected chi connectivity index (χ3v) is 14.4. The van der Waals surface area contributed by atoms with Gasteiger partial charge in [0.15, 0.2) is 11.2 Å². The maximum absolute atomic E-state index is 13.7. The highest BCUT2D eigenvalue weighted by Gasteiger charge is 2.29. The number of nitrogens with one attached hydrogen (secondary N) is 1. The summed E-state index contributed by atoms with van der Waals surface area (Å²) in [7, 11) is 2.49. The number of halogens is 5. The zero-order valence-corrected chi connectivity index (χ0v) is 42.2. The molecule has 2 radical (unpaired) electrons. The summed E-state index contributed by atoms with van der Waals surface area (Å²) >= 11 is 32.1. The predicted molar refractivity (Wildman–Crippen MR) is 282 cm³/mol. The molecule has 7 rings (SSSR count). The number of amides is 1. The number of thioether (sulfide) groups is 2. The molecule has 0 saturated carbocycles. The number of nitrogens with zero attached hydrogens (tertiary/aromatic N) is 3. The monoisotopic (exact) mass is 1040 g/mol. The molecule has 1 heterocycles. The highest BCUT2D eigenvalue weighted by molar-refractivity contribution is 7.99. The molecule has 0 aromatic heterocycles. The summed E-state index contributed by atoms with van der Waals surface area (Å²) in [6.45, 7) is 10.2. The van der Waals surface area contributed by atoms with Crippen molar-refractivity contribution in [3.8, 4) is 12.1 Å². The van der Waals surface area contributed by atoms with Crippen LogP contribution in [0.25, 0.3) is 21.5 Å². The molecule has 17 heteroatoms. The summed E-state index contributed by atoms with van der Waals surface area (Å²) in [5, 5.41) is 37.7. The lowest BCUT2D eigenvalue weighted by molar-refractivity contribution is 0.0694. The van der Waals surface area contributed by atoms with Crippen molar-refractivity contribution < 1.29 is 19.3 Å². The molecule has 0 aliphatic carbocycles. The standard InChI is InChI=1S/C25H22Cl2N2O2S.C25H20Cl2N2OS.BClOP/c1-2-5-18(16-8-9-21(26)22(27)13-16)15-29-10-11-32-24-19(14-28)12-17-6-3-4-7-20(17)23(24)25(30)31;1-2-5-18(16-8-9-21(26)22(27)13-16)15-29-10-11-31-24-19(14-28)12-17-6-3-4-7-20(17)23(24)25(29)30;1-4(2)3/h2-4,6-9,12-13,18,29H,1,5,10-11,15H2,(H,30,31);2-4,6-9,12-13,18H,1,5,10-11,15H2;/q;;+1/t2*18-;/m11./s1. The first kappa shape index (κ1) is 53.5. The Bertz CT molecular complexity index is 2910. The predicted octanol–water partition coefficient (Wildman–Crippen LogP) is 14.7. The molecule has 0 spiro atoms. The van der Waals surface area contributed by atoms with Crippen molar-refractivity contribution in [2.24, 2.45) is 0 Å². The Kier molecular flexibility index (Phi) is 21.0. The van der Waals surface area contributed by atoms with Crippen LogP contribution in [0.5, 0.6) is 0 Å². The van der Waals surface area contributed by atoms with Crippen molar-refractivity contribution in [3.63, 3.8) is 0 Å². The summed E-state index contributed by atoms with van der Waals surface area (Å²) in [4.78, 5) is 28.9. The van der Waals surface area contributed by atoms with Crippen molar-refractivity contribution in [1.29, 1.82) is 10.5 Å². The molecule has 2 N–H and O–H groups in total. The number of carboxylic acids is 1. The van der Waals surface area contributed by atoms with E-state index in [1.807, 2.05) is 83.8 Å². The molecule has 6 aromatic carbocycles. The average molecular weight is 1050 g/mol. The number of rotatable bonds is 15. The normalized spacial score (nSPS) is 13.0. The Morgan fingerprint density at radius 1 is 0.851 bits per heavy atom. The van der Waals surface area contributed by atoms with E-state index in [2.05, 4.69) is 49.4 Å². The van der Waals surface area contributed by atoms with Crippen molar-refractivity contribution in [2.45, 2.75) is 34.5 Å². The summed E-state index contributed by atoms with van der Waals surface area (Å²) in [5.41, 5.74) is 3.85. The van der Waals surface area contributed by atoms with E-state index in [0.29, 0.717) is 85.4 Å². The first-order valence-corrected chi connectivity index (χ1v) is 26.3. The summed E-state index contributed by atoms with van der Waals surface area (Å²) in [6.07, 6.45) is 5.23. The van der Waals surface area contributed by atoms with E-state index in [-0.39, 0.29) is 23.3 Å². The van der Waals surface area contributed by atoms with E-state index in [9.17, 15) is 25.2 Å². The number of carbonyl (C=O) groups is 2. The van der Waals surface area contributed by atoms with Gasteiger partial charge in [0, 0.05) is 53.4 Å². The maximum atomic E-state index is 13.7. The van der Waals surface area contributed by atoms with Crippen molar-refractivity contribution in [1.82, 2.24) is 10.2 Å². The van der Waals surface area contributed by atoms with Gasteiger partial charge in [-0.05, 0) is 87.8 Å². The van der Waals surface area contributed by atoms with Gasteiger partial charge in [-0.1, -0.05) is 124 Å². The topological polar surface area (TPSA) is 134 Å². The van der Waals surface area contributed by atoms with Crippen LogP contribution >= 0.6 is 88.2 Å². The Balaban J connectivity index is 0.000000232. The average Bonchev–Trinajstić information content (AvgIpc) is 3.47. The second-order valence-corrected chi connectivity index (χ2v) is 20.3. The third-order valence-electron chi connectivity index (χ3n) is 10.7. The lowest BCUT2D eigenvalue weighted by Gasteiger charge is -2.27. The molecule has 340 valence electrons. The van der Waals surface area contributed by atoms with Crippen LogP contribution in [0.1, 0.15) is 67.6 Å². The van der Waals surface area contributed by atoms with Gasteiger partial charge in [-0.25, -0.2) is 4.79 Å². The number of benzene rings is 6. The van der Waals surface area contributed by atoms with Gasteiger partial charge in [0.25, 0.3) is 5.91 Å². The van der Waals surface area contributed by atoms with Gasteiger partial charge in [0.1, 0.15) is 12.1 Å². The molecule has 67 heavy (non-hydrogen) atoms. The van der Waals surface area contributed by atoms with Crippen molar-refractivity contribution >= 4 is 129 Å². The molecule has 0 bridgehead atoms. The van der Waals surface area contributed by atoms with Gasteiger partial charge in [-0.2, -0.15) is 10.5 Å². The van der Waals surface area contributed by atoms with Gasteiger partial charge in [0.05, 0.1) is 42.3 Å². The molecule has 1 amide bonds. The molecule has 0 fully saturated rings. The number of hydrogen-bond donors (Lipinski definition) is 2. The van der Waals surface area contributed by atoms with Crippen LogP contribution in [0.3, 0.4) is 0 Å². The third kappa shape index (κ3) is 14.3. The number of allylic oxidation sites excluding steroid dienone is 2. The van der Waals surface area contributed by atoms with Crippen LogP contribution in [-0.2, 0) is 4.57 Å². The molecule has 1 aliphatic rings. The fourth-order valence-electron chi connectivity index (χ4n) is 7.60. The van der Waals surface area contributed by atoms with Gasteiger partial charge in [0.2, 0.25) is 0 Å². The van der Waals surface area contributed by atoms with Crippen molar-refractivity contribution in [2.75, 3.05) is 37.7 Å². The summed E-state index contributed by atoms with van der Waals surface area (Å²) < 4.78 is 9.14. The minimum Gasteiger partial charge on any atom is -0.478 e. The molecule has 1 aliphatic heterocycles. The fraction of sp³-hybridized carbons (Fsp3) is 0.200. The number of nitriles is 2. The number of fused-ring (bicyclic) bond motifs is 4. The van der Waals surface area contributed by atoms with E-state index in [1.54, 1.807) is 42.1 Å². The molecule has 0 saturated heterocycles. The fourth-order valence-corrected chi connectivity index (χ4v) is 10.4. The number of hydrogen-bond acceptors (Lipinski definition) is 8. The van der Waals surface area contributed by atoms with Gasteiger partial charge < -0.3 is 15.3 Å². The first-order valence-electron chi connectivity index (χ1n) is 20.6. The van der Waals surface area contributed by atoms with Crippen LogP contribution in [0.2, 0.25) is 20.1 Å². The Hall–Kier alpha value is -4.49. The van der Waals surface area contributed by atoms with Gasteiger partial charge >= 0.3 is 20.6 Å². The molecule has 1 unspecified atom stereocenters. The van der Waals surface area contributed by atoms with Gasteiger partial charge in [-0.3, -0.25) is 4.79 Å². The Labute approximate surface area is 426 Å². The maximum Gasteiger partial charge on any atom is 0.532 e. The van der Waals surface area contributed by atoms with Crippen LogP contribution in [0, 0.1) is 22.7 Å². The lowest BCUT2D eigenvalue weighted by Crippen LogP contribution is -2.35. The second-order valence-electron chi connectivity index (χ2n) is 14.9. The minimum atomic E-state index is -1.90. The highest BCUT2D eigenvalue weighted by Crippen LogP contribution is 2.38.